The van der Waals surface area contributed by atoms with Crippen molar-refractivity contribution in [2.24, 2.45) is 11.1 Å². The first kappa shape index (κ1) is 16.4. The second kappa shape index (κ2) is 6.70. The minimum Gasteiger partial charge on any atom is -0.489 e. The summed E-state index contributed by atoms with van der Waals surface area (Å²) in [5.74, 6) is 0.0507. The van der Waals surface area contributed by atoms with Crippen molar-refractivity contribution in [3.8, 4) is 5.75 Å². The molecular formula is C15H23FN2O2. The fourth-order valence-corrected chi connectivity index (χ4v) is 1.53. The van der Waals surface area contributed by atoms with E-state index < -0.39 is 6.04 Å². The number of nitrogens with one attached hydrogen (secondary N) is 1. The zero-order valence-corrected chi connectivity index (χ0v) is 12.4. The van der Waals surface area contributed by atoms with Crippen molar-refractivity contribution in [3.63, 3.8) is 0 Å². The molecule has 1 amide bonds. The number of nitrogens with two attached hydrogens (primary N) is 1. The summed E-state index contributed by atoms with van der Waals surface area (Å²) in [6, 6.07) is 5.19. The third-order valence-corrected chi connectivity index (χ3v) is 2.93. The molecule has 0 radical (unpaired) electrons. The highest BCUT2D eigenvalue weighted by molar-refractivity contribution is 5.82. The number of benzene rings is 1. The van der Waals surface area contributed by atoms with E-state index in [1.807, 2.05) is 27.7 Å². The van der Waals surface area contributed by atoms with Gasteiger partial charge in [-0.15, -0.1) is 0 Å². The van der Waals surface area contributed by atoms with Crippen LogP contribution in [0.2, 0.25) is 0 Å². The highest BCUT2D eigenvalue weighted by atomic mass is 19.1. The van der Waals surface area contributed by atoms with Gasteiger partial charge in [-0.25, -0.2) is 4.39 Å². The summed E-state index contributed by atoms with van der Waals surface area (Å²) < 4.78 is 18.3. The number of hydrogen-bond acceptors (Lipinski definition) is 3. The molecule has 112 valence electrons. The summed E-state index contributed by atoms with van der Waals surface area (Å²) >= 11 is 0. The number of halogens is 1. The van der Waals surface area contributed by atoms with Crippen molar-refractivity contribution in [1.29, 1.82) is 0 Å². The van der Waals surface area contributed by atoms with E-state index in [9.17, 15) is 9.18 Å². The number of amides is 1. The first-order valence-corrected chi connectivity index (χ1v) is 6.65. The molecule has 0 aromatic heterocycles. The second-order valence-electron chi connectivity index (χ2n) is 5.97. The van der Waals surface area contributed by atoms with Crippen LogP contribution in [0.4, 0.5) is 4.39 Å². The second-order valence-corrected chi connectivity index (χ2v) is 5.97. The quantitative estimate of drug-likeness (QED) is 0.869. The molecule has 1 rings (SSSR count). The molecule has 1 aromatic carbocycles. The lowest BCUT2D eigenvalue weighted by Crippen LogP contribution is -2.50. The maximum Gasteiger partial charge on any atom is 0.237 e. The molecule has 0 saturated heterocycles. The van der Waals surface area contributed by atoms with Crippen LogP contribution in [0, 0.1) is 11.2 Å². The van der Waals surface area contributed by atoms with Crippen molar-refractivity contribution in [2.45, 2.75) is 39.8 Å². The Bertz CT molecular complexity index is 440. The van der Waals surface area contributed by atoms with Crippen LogP contribution in [-0.4, -0.2) is 24.6 Å². The first-order chi connectivity index (χ1) is 9.20. The molecular weight excluding hydrogens is 259 g/mol. The standard InChI is InChI=1S/C15H23FN2O2/c1-10(20-12-7-5-11(16)6-8-12)9-18-14(19)13(17)15(2,3)4/h5-8,10,13H,9,17H2,1-4H3,(H,18,19)/t10?,13-/m1/s1. The van der Waals surface area contributed by atoms with Crippen molar-refractivity contribution < 1.29 is 13.9 Å². The van der Waals surface area contributed by atoms with Gasteiger partial charge in [-0.2, -0.15) is 0 Å². The third-order valence-electron chi connectivity index (χ3n) is 2.93. The van der Waals surface area contributed by atoms with Gasteiger partial charge < -0.3 is 15.8 Å². The first-order valence-electron chi connectivity index (χ1n) is 6.65. The normalized spacial score (nSPS) is 14.5. The highest BCUT2D eigenvalue weighted by Gasteiger charge is 2.27. The van der Waals surface area contributed by atoms with E-state index in [2.05, 4.69) is 5.32 Å². The molecule has 1 aromatic rings. The van der Waals surface area contributed by atoms with Crippen LogP contribution in [0.3, 0.4) is 0 Å². The van der Waals surface area contributed by atoms with Gasteiger partial charge in [0.25, 0.3) is 0 Å². The van der Waals surface area contributed by atoms with Gasteiger partial charge in [0.05, 0.1) is 12.6 Å². The molecule has 20 heavy (non-hydrogen) atoms. The van der Waals surface area contributed by atoms with Gasteiger partial charge in [-0.3, -0.25) is 4.79 Å². The lowest BCUT2D eigenvalue weighted by Gasteiger charge is -2.26. The van der Waals surface area contributed by atoms with E-state index in [1.165, 1.54) is 12.1 Å². The number of carbonyl (C=O) groups excluding carboxylic acids is 1. The predicted octanol–water partition coefficient (Wildman–Crippen LogP) is 2.08. The molecule has 1 unspecified atom stereocenters. The largest absolute Gasteiger partial charge is 0.489 e. The molecule has 2 atom stereocenters. The van der Waals surface area contributed by atoms with Crippen LogP contribution in [0.15, 0.2) is 24.3 Å². The Labute approximate surface area is 119 Å². The van der Waals surface area contributed by atoms with Gasteiger partial charge >= 0.3 is 0 Å². The predicted molar refractivity (Wildman–Crippen MR) is 76.9 cm³/mol. The zero-order valence-electron chi connectivity index (χ0n) is 12.4. The Morgan fingerprint density at radius 1 is 1.35 bits per heavy atom. The summed E-state index contributed by atoms with van der Waals surface area (Å²) in [5.41, 5.74) is 5.57. The topological polar surface area (TPSA) is 64.4 Å². The highest BCUT2D eigenvalue weighted by Crippen LogP contribution is 2.17. The Kier molecular flexibility index (Phi) is 5.51. The molecule has 4 nitrogen and oxygen atoms in total. The molecule has 0 heterocycles. The Balaban J connectivity index is 2.42. The maximum absolute atomic E-state index is 12.8. The molecule has 0 bridgehead atoms. The van der Waals surface area contributed by atoms with Crippen LogP contribution in [0.5, 0.6) is 5.75 Å². The molecule has 0 aliphatic rings. The average molecular weight is 282 g/mol. The van der Waals surface area contributed by atoms with Gasteiger partial charge in [-0.1, -0.05) is 20.8 Å². The molecule has 5 heteroatoms. The van der Waals surface area contributed by atoms with Crippen LogP contribution in [-0.2, 0) is 4.79 Å². The third kappa shape index (κ3) is 5.17. The fourth-order valence-electron chi connectivity index (χ4n) is 1.53. The van der Waals surface area contributed by atoms with E-state index in [4.69, 9.17) is 10.5 Å². The van der Waals surface area contributed by atoms with Crippen molar-refractivity contribution in [2.75, 3.05) is 6.54 Å². The molecule has 0 saturated carbocycles. The van der Waals surface area contributed by atoms with E-state index in [-0.39, 0.29) is 23.2 Å². The monoisotopic (exact) mass is 282 g/mol. The van der Waals surface area contributed by atoms with Crippen molar-refractivity contribution in [1.82, 2.24) is 5.32 Å². The number of rotatable bonds is 5. The smallest absolute Gasteiger partial charge is 0.237 e. The Hall–Kier alpha value is -1.62. The van der Waals surface area contributed by atoms with Gasteiger partial charge in [-0.05, 0) is 36.6 Å². The van der Waals surface area contributed by atoms with E-state index in [1.54, 1.807) is 12.1 Å². The lowest BCUT2D eigenvalue weighted by molar-refractivity contribution is -0.124. The van der Waals surface area contributed by atoms with Crippen LogP contribution >= 0.6 is 0 Å². The van der Waals surface area contributed by atoms with E-state index in [0.717, 1.165) is 0 Å². The van der Waals surface area contributed by atoms with Crippen molar-refractivity contribution in [3.05, 3.63) is 30.1 Å². The Morgan fingerprint density at radius 3 is 2.40 bits per heavy atom. The molecule has 0 spiro atoms. The van der Waals surface area contributed by atoms with E-state index >= 15 is 0 Å². The molecule has 0 fully saturated rings. The van der Waals surface area contributed by atoms with Gasteiger partial charge in [0.15, 0.2) is 0 Å². The van der Waals surface area contributed by atoms with Crippen LogP contribution in [0.25, 0.3) is 0 Å². The summed E-state index contributed by atoms with van der Waals surface area (Å²) in [6.07, 6.45) is -0.225. The minimum atomic E-state index is -0.569. The average Bonchev–Trinajstić information content (AvgIpc) is 2.36. The maximum atomic E-state index is 12.8. The minimum absolute atomic E-state index is 0.202. The lowest BCUT2D eigenvalue weighted by atomic mass is 9.87. The van der Waals surface area contributed by atoms with Crippen LogP contribution < -0.4 is 15.8 Å². The zero-order chi connectivity index (χ0) is 15.3. The summed E-state index contributed by atoms with van der Waals surface area (Å²) in [5, 5.41) is 2.76. The van der Waals surface area contributed by atoms with Gasteiger partial charge in [0, 0.05) is 0 Å². The van der Waals surface area contributed by atoms with Gasteiger partial charge in [0.2, 0.25) is 5.91 Å². The van der Waals surface area contributed by atoms with Crippen molar-refractivity contribution >= 4 is 5.91 Å². The fraction of sp³-hybridized carbons (Fsp3) is 0.533. The summed E-state index contributed by atoms with van der Waals surface area (Å²) in [4.78, 5) is 11.8. The summed E-state index contributed by atoms with van der Waals surface area (Å²) in [6.45, 7) is 7.91. The van der Waals surface area contributed by atoms with Gasteiger partial charge in [0.1, 0.15) is 17.7 Å². The van der Waals surface area contributed by atoms with Crippen LogP contribution in [0.1, 0.15) is 27.7 Å². The Morgan fingerprint density at radius 2 is 1.90 bits per heavy atom. The number of hydrogen-bond donors (Lipinski definition) is 2. The van der Waals surface area contributed by atoms with E-state index in [0.29, 0.717) is 12.3 Å². The number of ether oxygens (including phenoxy) is 1. The number of carbonyl (C=O) groups is 1. The molecule has 0 aliphatic carbocycles. The molecule has 3 N–H and O–H groups in total. The molecule has 0 aliphatic heterocycles. The SMILES string of the molecule is CC(CNC(=O)[C@@H](N)C(C)(C)C)Oc1ccc(F)cc1. The summed E-state index contributed by atoms with van der Waals surface area (Å²) in [7, 11) is 0.